The molecular formula is C19H20F3N5O. The molecule has 0 spiro atoms. The van der Waals surface area contributed by atoms with E-state index in [2.05, 4.69) is 9.97 Å². The fraction of sp³-hybridized carbons (Fsp3) is 0.421. The van der Waals surface area contributed by atoms with Crippen molar-refractivity contribution in [3.05, 3.63) is 41.7 Å². The van der Waals surface area contributed by atoms with Gasteiger partial charge in [0.05, 0.1) is 22.8 Å². The molecule has 1 aromatic carbocycles. The molecule has 1 N–H and O–H groups in total. The molecule has 148 valence electrons. The van der Waals surface area contributed by atoms with Gasteiger partial charge in [-0.05, 0) is 32.9 Å². The first-order chi connectivity index (χ1) is 13.0. The van der Waals surface area contributed by atoms with Crippen LogP contribution in [0.1, 0.15) is 32.2 Å². The summed E-state index contributed by atoms with van der Waals surface area (Å²) >= 11 is 0. The lowest BCUT2D eigenvalue weighted by molar-refractivity contribution is -0.148. The number of hydrogen-bond donors (Lipinski definition) is 1. The third-order valence-electron chi connectivity index (χ3n) is 5.29. The van der Waals surface area contributed by atoms with Crippen LogP contribution in [0.25, 0.3) is 11.3 Å². The lowest BCUT2D eigenvalue weighted by Gasteiger charge is -2.50. The number of aromatic nitrogens is 2. The first kappa shape index (κ1) is 20.0. The third-order valence-corrected chi connectivity index (χ3v) is 5.29. The zero-order valence-electron chi connectivity index (χ0n) is 15.7. The largest absolute Gasteiger partial charge is 0.416 e. The Bertz CT molecular complexity index is 923. The Morgan fingerprint density at radius 3 is 2.57 bits per heavy atom. The predicted octanol–water partition coefficient (Wildman–Crippen LogP) is 3.71. The van der Waals surface area contributed by atoms with Gasteiger partial charge in [0.2, 0.25) is 5.82 Å². The Labute approximate surface area is 160 Å². The molecule has 2 heterocycles. The van der Waals surface area contributed by atoms with Gasteiger partial charge in [-0.1, -0.05) is 12.1 Å². The van der Waals surface area contributed by atoms with E-state index in [1.54, 1.807) is 6.07 Å². The average molecular weight is 391 g/mol. The summed E-state index contributed by atoms with van der Waals surface area (Å²) in [6.07, 6.45) is -4.47. The lowest BCUT2D eigenvalue weighted by atomic mass is 9.90. The molecule has 0 bridgehead atoms. The molecule has 1 aliphatic heterocycles. The Kier molecular flexibility index (Phi) is 5.04. The van der Waals surface area contributed by atoms with E-state index < -0.39 is 17.3 Å². The first-order valence-corrected chi connectivity index (χ1v) is 8.74. The van der Waals surface area contributed by atoms with E-state index in [0.29, 0.717) is 18.9 Å². The standard InChI is InChI=1S/C19H20F3N5O/c1-12-18(2,3)26(7-8-27(12)28)17-10-15(24-16(11-23)25-17)13-5-4-6-14(9-13)19(20,21)22/h4-6,9-10,12,28H,7-8H2,1-3H3. The minimum absolute atomic E-state index is 0.125. The van der Waals surface area contributed by atoms with Crippen molar-refractivity contribution < 1.29 is 18.4 Å². The minimum atomic E-state index is -4.47. The molecule has 1 fully saturated rings. The van der Waals surface area contributed by atoms with E-state index in [0.717, 1.165) is 12.1 Å². The second-order valence-electron chi connectivity index (χ2n) is 7.27. The third kappa shape index (κ3) is 3.66. The molecule has 0 saturated carbocycles. The minimum Gasteiger partial charge on any atom is -0.348 e. The van der Waals surface area contributed by atoms with Gasteiger partial charge in [-0.2, -0.15) is 23.5 Å². The molecule has 1 saturated heterocycles. The monoisotopic (exact) mass is 391 g/mol. The molecule has 9 heteroatoms. The zero-order chi connectivity index (χ0) is 20.7. The summed E-state index contributed by atoms with van der Waals surface area (Å²) in [6.45, 7) is 6.54. The van der Waals surface area contributed by atoms with Crippen LogP contribution in [-0.2, 0) is 6.18 Å². The maximum atomic E-state index is 13.1. The molecule has 1 atom stereocenters. The van der Waals surface area contributed by atoms with Crippen molar-refractivity contribution >= 4 is 5.82 Å². The second-order valence-corrected chi connectivity index (χ2v) is 7.27. The van der Waals surface area contributed by atoms with Crippen LogP contribution in [0.5, 0.6) is 0 Å². The van der Waals surface area contributed by atoms with Crippen LogP contribution in [-0.4, -0.2) is 44.9 Å². The van der Waals surface area contributed by atoms with Gasteiger partial charge in [-0.25, -0.2) is 9.97 Å². The highest BCUT2D eigenvalue weighted by molar-refractivity contribution is 5.65. The van der Waals surface area contributed by atoms with E-state index in [4.69, 9.17) is 0 Å². The van der Waals surface area contributed by atoms with Crippen molar-refractivity contribution in [2.24, 2.45) is 0 Å². The van der Waals surface area contributed by atoms with E-state index >= 15 is 0 Å². The normalized spacial score (nSPS) is 20.1. The summed E-state index contributed by atoms with van der Waals surface area (Å²) in [7, 11) is 0. The number of alkyl halides is 3. The number of piperazine rings is 1. The fourth-order valence-corrected chi connectivity index (χ4v) is 3.31. The van der Waals surface area contributed by atoms with E-state index in [9.17, 15) is 23.6 Å². The first-order valence-electron chi connectivity index (χ1n) is 8.74. The predicted molar refractivity (Wildman–Crippen MR) is 96.6 cm³/mol. The highest BCUT2D eigenvalue weighted by Gasteiger charge is 2.41. The van der Waals surface area contributed by atoms with Gasteiger partial charge in [0.25, 0.3) is 0 Å². The highest BCUT2D eigenvalue weighted by Crippen LogP contribution is 2.34. The number of rotatable bonds is 2. The van der Waals surface area contributed by atoms with Crippen molar-refractivity contribution in [1.82, 2.24) is 15.0 Å². The molecule has 1 aromatic heterocycles. The van der Waals surface area contributed by atoms with Crippen molar-refractivity contribution in [1.29, 1.82) is 5.26 Å². The number of anilines is 1. The van der Waals surface area contributed by atoms with Crippen LogP contribution >= 0.6 is 0 Å². The van der Waals surface area contributed by atoms with Crippen molar-refractivity contribution in [2.45, 2.75) is 38.5 Å². The Hall–Kier alpha value is -2.70. The SMILES string of the molecule is CC1N(O)CCN(c2cc(-c3cccc(C(F)(F)F)c3)nc(C#N)n2)C1(C)C. The van der Waals surface area contributed by atoms with Crippen molar-refractivity contribution in [2.75, 3.05) is 18.0 Å². The van der Waals surface area contributed by atoms with Crippen LogP contribution in [0.3, 0.4) is 0 Å². The molecular weight excluding hydrogens is 371 g/mol. The van der Waals surface area contributed by atoms with Gasteiger partial charge in [-0.15, -0.1) is 0 Å². The summed E-state index contributed by atoms with van der Waals surface area (Å²) in [4.78, 5) is 10.3. The van der Waals surface area contributed by atoms with Crippen LogP contribution in [0.15, 0.2) is 30.3 Å². The van der Waals surface area contributed by atoms with Crippen LogP contribution in [0.4, 0.5) is 19.0 Å². The molecule has 0 aliphatic carbocycles. The topological polar surface area (TPSA) is 76.3 Å². The number of halogens is 3. The van der Waals surface area contributed by atoms with Crippen molar-refractivity contribution in [3.63, 3.8) is 0 Å². The number of nitriles is 1. The lowest BCUT2D eigenvalue weighted by Crippen LogP contribution is -2.64. The molecule has 3 rings (SSSR count). The zero-order valence-corrected chi connectivity index (χ0v) is 15.7. The van der Waals surface area contributed by atoms with Crippen LogP contribution < -0.4 is 4.90 Å². The van der Waals surface area contributed by atoms with E-state index in [1.165, 1.54) is 17.2 Å². The smallest absolute Gasteiger partial charge is 0.348 e. The number of hydrogen-bond acceptors (Lipinski definition) is 6. The maximum absolute atomic E-state index is 13.1. The summed E-state index contributed by atoms with van der Waals surface area (Å²) in [5.74, 6) is 0.309. The Morgan fingerprint density at radius 2 is 1.93 bits per heavy atom. The molecule has 1 unspecified atom stereocenters. The number of benzene rings is 1. The van der Waals surface area contributed by atoms with Gasteiger partial charge in [-0.3, -0.25) is 0 Å². The number of nitrogens with zero attached hydrogens (tertiary/aromatic N) is 5. The maximum Gasteiger partial charge on any atom is 0.416 e. The van der Waals surface area contributed by atoms with E-state index in [1.807, 2.05) is 31.7 Å². The Morgan fingerprint density at radius 1 is 1.21 bits per heavy atom. The molecule has 1 aliphatic rings. The van der Waals surface area contributed by atoms with Gasteiger partial charge in [0, 0.05) is 24.7 Å². The van der Waals surface area contributed by atoms with Crippen LogP contribution in [0.2, 0.25) is 0 Å². The fourth-order valence-electron chi connectivity index (χ4n) is 3.31. The number of hydroxylamine groups is 2. The van der Waals surface area contributed by atoms with Gasteiger partial charge < -0.3 is 10.1 Å². The molecule has 6 nitrogen and oxygen atoms in total. The summed E-state index contributed by atoms with van der Waals surface area (Å²) in [6, 6.07) is 8.05. The summed E-state index contributed by atoms with van der Waals surface area (Å²) in [5.41, 5.74) is -0.824. The van der Waals surface area contributed by atoms with E-state index in [-0.39, 0.29) is 23.1 Å². The highest BCUT2D eigenvalue weighted by atomic mass is 19.4. The summed E-state index contributed by atoms with van der Waals surface area (Å²) < 4.78 is 39.2. The van der Waals surface area contributed by atoms with Crippen LogP contribution in [0, 0.1) is 11.3 Å². The van der Waals surface area contributed by atoms with Gasteiger partial charge in [0.15, 0.2) is 0 Å². The molecule has 0 amide bonds. The van der Waals surface area contributed by atoms with Crippen molar-refractivity contribution in [3.8, 4) is 17.3 Å². The van der Waals surface area contributed by atoms with Gasteiger partial charge in [0.1, 0.15) is 11.9 Å². The quantitative estimate of drug-likeness (QED) is 0.841. The summed E-state index contributed by atoms with van der Waals surface area (Å²) in [5, 5.41) is 20.6. The molecule has 2 aromatic rings. The second kappa shape index (κ2) is 7.04. The molecule has 0 radical (unpaired) electrons. The Balaban J connectivity index is 2.09. The molecule has 28 heavy (non-hydrogen) atoms. The van der Waals surface area contributed by atoms with Gasteiger partial charge >= 0.3 is 6.18 Å². The average Bonchev–Trinajstić information content (AvgIpc) is 2.65.